The largest absolute Gasteiger partial charge is 0.360 e. The molecule has 0 unspecified atom stereocenters. The quantitative estimate of drug-likeness (QED) is 0.767. The molecule has 1 saturated heterocycles. The van der Waals surface area contributed by atoms with Crippen LogP contribution in [0.25, 0.3) is 0 Å². The lowest BCUT2D eigenvalue weighted by Crippen LogP contribution is -3.15. The molecular weight excluding hydrogens is 335 g/mol. The van der Waals surface area contributed by atoms with E-state index in [1.165, 1.54) is 21.9 Å². The monoisotopic (exact) mass is 365 g/mol. The summed E-state index contributed by atoms with van der Waals surface area (Å²) in [5, 5.41) is 2.86. The third kappa shape index (κ3) is 6.29. The van der Waals surface area contributed by atoms with Gasteiger partial charge >= 0.3 is 0 Å². The fraction of sp³-hybridized carbons (Fsp3) is 0.579. The van der Waals surface area contributed by atoms with Crippen LogP contribution in [0.5, 0.6) is 0 Å². The highest BCUT2D eigenvalue weighted by Crippen LogP contribution is 2.14. The highest BCUT2D eigenvalue weighted by Gasteiger charge is 2.25. The molecule has 6 nitrogen and oxygen atoms in total. The lowest BCUT2D eigenvalue weighted by atomic mass is 10.1. The number of quaternary nitrogens is 1. The van der Waals surface area contributed by atoms with E-state index in [-0.39, 0.29) is 29.7 Å². The van der Waals surface area contributed by atoms with Gasteiger partial charge in [0.15, 0.2) is 6.54 Å². The van der Waals surface area contributed by atoms with Crippen LogP contribution in [0.3, 0.4) is 0 Å². The molecule has 0 atom stereocenters. The van der Waals surface area contributed by atoms with Gasteiger partial charge in [-0.25, -0.2) is 4.39 Å². The Balaban J connectivity index is 1.76. The summed E-state index contributed by atoms with van der Waals surface area (Å²) >= 11 is 0. The number of carbonyl (C=O) groups is 2. The van der Waals surface area contributed by atoms with Crippen LogP contribution in [0.1, 0.15) is 20.8 Å². The number of piperazine rings is 1. The van der Waals surface area contributed by atoms with Crippen LogP contribution in [0, 0.1) is 5.82 Å². The highest BCUT2D eigenvalue weighted by molar-refractivity contribution is 5.85. The molecule has 2 amide bonds. The standard InChI is InChI=1S/C19H29FN4O2/c1-19(2,3)21-17(25)13-22(4)18(26)14-23-9-11-24(12-10-23)16-7-5-15(20)6-8-16/h5-8H,9-14H2,1-4H3,(H,21,25)/p+1. The number of nitrogens with one attached hydrogen (secondary N) is 2. The normalized spacial score (nSPS) is 15.7. The van der Waals surface area contributed by atoms with E-state index < -0.39 is 0 Å². The summed E-state index contributed by atoms with van der Waals surface area (Å²) in [5.74, 6) is -0.411. The summed E-state index contributed by atoms with van der Waals surface area (Å²) < 4.78 is 13.0. The average Bonchev–Trinajstić information content (AvgIpc) is 2.54. The highest BCUT2D eigenvalue weighted by atomic mass is 19.1. The molecule has 2 N–H and O–H groups in total. The van der Waals surface area contributed by atoms with Gasteiger partial charge in [0.1, 0.15) is 5.82 Å². The molecule has 2 rings (SSSR count). The minimum atomic E-state index is -0.303. The molecule has 0 spiro atoms. The van der Waals surface area contributed by atoms with E-state index in [0.29, 0.717) is 6.54 Å². The second-order valence-electron chi connectivity index (χ2n) is 7.94. The molecule has 0 saturated carbocycles. The number of hydrogen-bond acceptors (Lipinski definition) is 3. The third-order valence-electron chi connectivity index (χ3n) is 4.38. The van der Waals surface area contributed by atoms with Crippen molar-refractivity contribution in [2.24, 2.45) is 0 Å². The summed E-state index contributed by atoms with van der Waals surface area (Å²) in [5.41, 5.74) is 0.704. The van der Waals surface area contributed by atoms with Gasteiger partial charge in [-0.05, 0) is 45.0 Å². The van der Waals surface area contributed by atoms with Crippen molar-refractivity contribution in [3.05, 3.63) is 30.1 Å². The number of amides is 2. The van der Waals surface area contributed by atoms with Gasteiger partial charge in [-0.3, -0.25) is 9.59 Å². The number of benzene rings is 1. The minimum Gasteiger partial charge on any atom is -0.360 e. The van der Waals surface area contributed by atoms with Crippen molar-refractivity contribution in [2.75, 3.05) is 51.2 Å². The topological polar surface area (TPSA) is 57.1 Å². The molecule has 26 heavy (non-hydrogen) atoms. The van der Waals surface area contributed by atoms with E-state index in [0.717, 1.165) is 31.9 Å². The van der Waals surface area contributed by atoms with Crippen LogP contribution in [-0.2, 0) is 9.59 Å². The third-order valence-corrected chi connectivity index (χ3v) is 4.38. The molecule has 1 aromatic rings. The van der Waals surface area contributed by atoms with Crippen LogP contribution in [0.2, 0.25) is 0 Å². The Morgan fingerprint density at radius 2 is 1.77 bits per heavy atom. The first kappa shape index (κ1) is 20.2. The van der Waals surface area contributed by atoms with E-state index in [2.05, 4.69) is 10.2 Å². The predicted molar refractivity (Wildman–Crippen MR) is 99.7 cm³/mol. The molecule has 0 bridgehead atoms. The maximum atomic E-state index is 13.0. The Morgan fingerprint density at radius 1 is 1.19 bits per heavy atom. The van der Waals surface area contributed by atoms with Crippen LogP contribution >= 0.6 is 0 Å². The maximum absolute atomic E-state index is 13.0. The first-order valence-corrected chi connectivity index (χ1v) is 9.03. The zero-order chi connectivity index (χ0) is 19.3. The van der Waals surface area contributed by atoms with Crippen LogP contribution in [0.4, 0.5) is 10.1 Å². The van der Waals surface area contributed by atoms with Gasteiger partial charge in [-0.2, -0.15) is 0 Å². The summed E-state index contributed by atoms with van der Waals surface area (Å²) in [6, 6.07) is 6.51. The molecule has 1 fully saturated rings. The van der Waals surface area contributed by atoms with Crippen LogP contribution < -0.4 is 15.1 Å². The number of anilines is 1. The van der Waals surface area contributed by atoms with E-state index in [9.17, 15) is 14.0 Å². The van der Waals surface area contributed by atoms with Crippen molar-refractivity contribution in [1.82, 2.24) is 10.2 Å². The fourth-order valence-corrected chi connectivity index (χ4v) is 3.02. The number of halogens is 1. The van der Waals surface area contributed by atoms with Gasteiger partial charge in [0.2, 0.25) is 5.91 Å². The van der Waals surface area contributed by atoms with E-state index >= 15 is 0 Å². The Morgan fingerprint density at radius 3 is 2.31 bits per heavy atom. The molecule has 1 aliphatic rings. The molecule has 1 aromatic carbocycles. The first-order valence-electron chi connectivity index (χ1n) is 9.03. The summed E-state index contributed by atoms with van der Waals surface area (Å²) in [6.07, 6.45) is 0. The van der Waals surface area contributed by atoms with Crippen LogP contribution in [-0.4, -0.2) is 68.6 Å². The van der Waals surface area contributed by atoms with E-state index in [1.807, 2.05) is 20.8 Å². The van der Waals surface area contributed by atoms with Gasteiger partial charge in [-0.15, -0.1) is 0 Å². The Hall–Kier alpha value is -2.15. The summed E-state index contributed by atoms with van der Waals surface area (Å²) in [6.45, 7) is 9.52. The first-order chi connectivity index (χ1) is 12.1. The molecular formula is C19H30FN4O2+. The number of nitrogens with zero attached hydrogens (tertiary/aromatic N) is 2. The van der Waals surface area contributed by atoms with Crippen LogP contribution in [0.15, 0.2) is 24.3 Å². The van der Waals surface area contributed by atoms with Gasteiger partial charge in [0.05, 0.1) is 32.7 Å². The maximum Gasteiger partial charge on any atom is 0.277 e. The predicted octanol–water partition coefficient (Wildman–Crippen LogP) is -0.0963. The van der Waals surface area contributed by atoms with E-state index in [4.69, 9.17) is 0 Å². The van der Waals surface area contributed by atoms with Crippen molar-refractivity contribution in [3.8, 4) is 0 Å². The molecule has 0 radical (unpaired) electrons. The molecule has 144 valence electrons. The minimum absolute atomic E-state index is 0.0284. The summed E-state index contributed by atoms with van der Waals surface area (Å²) in [4.78, 5) is 29.2. The molecule has 1 aliphatic heterocycles. The molecule has 7 heteroatoms. The van der Waals surface area contributed by atoms with Crippen molar-refractivity contribution >= 4 is 17.5 Å². The van der Waals surface area contributed by atoms with Crippen molar-refractivity contribution in [2.45, 2.75) is 26.3 Å². The lowest BCUT2D eigenvalue weighted by Gasteiger charge is -2.34. The van der Waals surface area contributed by atoms with Crippen molar-refractivity contribution < 1.29 is 18.9 Å². The van der Waals surface area contributed by atoms with Gasteiger partial charge in [0.25, 0.3) is 5.91 Å². The fourth-order valence-electron chi connectivity index (χ4n) is 3.02. The second kappa shape index (κ2) is 8.49. The average molecular weight is 365 g/mol. The Labute approximate surface area is 154 Å². The zero-order valence-electron chi connectivity index (χ0n) is 16.1. The molecule has 0 aliphatic carbocycles. The van der Waals surface area contributed by atoms with Gasteiger partial charge in [0, 0.05) is 18.3 Å². The zero-order valence-corrected chi connectivity index (χ0v) is 16.1. The number of carbonyl (C=O) groups excluding carboxylic acids is 2. The summed E-state index contributed by atoms with van der Waals surface area (Å²) in [7, 11) is 1.67. The Bertz CT molecular complexity index is 619. The van der Waals surface area contributed by atoms with E-state index in [1.54, 1.807) is 19.2 Å². The number of hydrogen-bond donors (Lipinski definition) is 2. The van der Waals surface area contributed by atoms with Crippen molar-refractivity contribution in [1.29, 1.82) is 0 Å². The Kier molecular flexibility index (Phi) is 6.58. The number of likely N-dealkylation sites (N-methyl/N-ethyl adjacent to an activating group) is 1. The van der Waals surface area contributed by atoms with Crippen molar-refractivity contribution in [3.63, 3.8) is 0 Å². The molecule has 1 heterocycles. The SMILES string of the molecule is CN(CC(=O)NC(C)(C)C)C(=O)C[NH+]1CCN(c2ccc(F)cc2)CC1. The molecule has 0 aromatic heterocycles. The number of rotatable bonds is 5. The smallest absolute Gasteiger partial charge is 0.277 e. The second-order valence-corrected chi connectivity index (χ2v) is 7.94. The van der Waals surface area contributed by atoms with Gasteiger partial charge in [-0.1, -0.05) is 0 Å². The lowest BCUT2D eigenvalue weighted by molar-refractivity contribution is -0.892. The van der Waals surface area contributed by atoms with Gasteiger partial charge < -0.3 is 20.0 Å².